The highest BCUT2D eigenvalue weighted by Crippen LogP contribution is 2.20. The topological polar surface area (TPSA) is 104 Å². The summed E-state index contributed by atoms with van der Waals surface area (Å²) in [6.45, 7) is 2.88. The van der Waals surface area contributed by atoms with Crippen LogP contribution in [0.2, 0.25) is 0 Å². The van der Waals surface area contributed by atoms with E-state index in [9.17, 15) is 8.42 Å². The van der Waals surface area contributed by atoms with Crippen LogP contribution in [0, 0.1) is 0 Å². The summed E-state index contributed by atoms with van der Waals surface area (Å²) >= 11 is 3.41. The second kappa shape index (κ2) is 12.1. The minimum Gasteiger partial charge on any atom is -0.364 e. The van der Waals surface area contributed by atoms with Gasteiger partial charge in [0, 0.05) is 63.2 Å². The Kier molecular flexibility index (Phi) is 10.1. The van der Waals surface area contributed by atoms with Crippen LogP contribution >= 0.6 is 47.1 Å². The van der Waals surface area contributed by atoms with Crippen molar-refractivity contribution in [3.05, 3.63) is 29.6 Å². The van der Waals surface area contributed by atoms with Crippen LogP contribution in [0.15, 0.2) is 37.8 Å². The number of piperazine rings is 1. The zero-order valence-electron chi connectivity index (χ0n) is 16.1. The fraction of sp³-hybridized carbons (Fsp3) is 0.562. The fourth-order valence-corrected chi connectivity index (χ4v) is 5.89. The van der Waals surface area contributed by atoms with Crippen LogP contribution in [0.5, 0.6) is 0 Å². The van der Waals surface area contributed by atoms with Gasteiger partial charge in [0.1, 0.15) is 16.4 Å². The lowest BCUT2D eigenvalue weighted by atomic mass is 10.4. The van der Waals surface area contributed by atoms with Gasteiger partial charge in [0.2, 0.25) is 10.0 Å². The number of hydrogen-bond donors (Lipinski definition) is 1. The monoisotopic (exact) mass is 572 g/mol. The Morgan fingerprint density at radius 2 is 2.17 bits per heavy atom. The van der Waals surface area contributed by atoms with Crippen molar-refractivity contribution >= 4 is 63.1 Å². The van der Waals surface area contributed by atoms with Crippen molar-refractivity contribution in [2.45, 2.75) is 16.5 Å². The lowest BCUT2D eigenvalue weighted by molar-refractivity contribution is 0.260. The van der Waals surface area contributed by atoms with E-state index in [1.807, 2.05) is 11.6 Å². The smallest absolute Gasteiger partial charge is 0.220 e. The van der Waals surface area contributed by atoms with E-state index < -0.39 is 10.0 Å². The fourth-order valence-electron chi connectivity index (χ4n) is 2.81. The van der Waals surface area contributed by atoms with Gasteiger partial charge in [-0.05, 0) is 6.42 Å². The molecule has 0 spiro atoms. The molecule has 0 unspecified atom stereocenters. The van der Waals surface area contributed by atoms with Crippen molar-refractivity contribution in [3.63, 3.8) is 0 Å². The Labute approximate surface area is 196 Å². The molecular weight excluding hydrogens is 547 g/mol. The summed E-state index contributed by atoms with van der Waals surface area (Å²) in [5.41, 5.74) is 0.426. The van der Waals surface area contributed by atoms with Gasteiger partial charge in [-0.15, -0.1) is 35.3 Å². The first-order valence-electron chi connectivity index (χ1n) is 8.93. The molecule has 1 fully saturated rings. The predicted molar refractivity (Wildman–Crippen MR) is 127 cm³/mol. The van der Waals surface area contributed by atoms with Gasteiger partial charge >= 0.3 is 0 Å². The minimum absolute atomic E-state index is 0. The Morgan fingerprint density at radius 3 is 2.79 bits per heavy atom. The lowest BCUT2D eigenvalue weighted by Crippen LogP contribution is -2.54. The first-order chi connectivity index (χ1) is 13.6. The quantitative estimate of drug-likeness (QED) is 0.168. The van der Waals surface area contributed by atoms with E-state index in [1.54, 1.807) is 36.2 Å². The highest BCUT2D eigenvalue weighted by Gasteiger charge is 2.28. The van der Waals surface area contributed by atoms with Crippen LogP contribution in [0.1, 0.15) is 12.1 Å². The average Bonchev–Trinajstić information content (AvgIpc) is 3.39. The summed E-state index contributed by atoms with van der Waals surface area (Å²) in [7, 11) is -1.64. The lowest BCUT2D eigenvalue weighted by Gasteiger charge is -2.35. The maximum absolute atomic E-state index is 12.5. The molecule has 2 aromatic rings. The van der Waals surface area contributed by atoms with Crippen LogP contribution in [0.25, 0.3) is 0 Å². The number of halogens is 1. The van der Waals surface area contributed by atoms with E-state index in [1.165, 1.54) is 10.6 Å². The van der Waals surface area contributed by atoms with Gasteiger partial charge in [-0.2, -0.15) is 4.31 Å². The SMILES string of the molecule is CN=C(NCCCSc1nccs1)N1CCN(S(=O)(=O)Cc2ccon2)CC1.I. The molecular formula is C16H25IN6O3S3. The number of nitrogens with zero attached hydrogens (tertiary/aromatic N) is 5. The van der Waals surface area contributed by atoms with Crippen molar-refractivity contribution in [2.24, 2.45) is 4.99 Å². The predicted octanol–water partition coefficient (Wildman–Crippen LogP) is 1.95. The average molecular weight is 573 g/mol. The standard InChI is InChI=1S/C16H24N6O3S3.HI/c1-17-15(18-4-2-11-26-16-19-5-12-27-16)21-6-8-22(9-7-21)28(23,24)13-14-3-10-25-20-14;/h3,5,10,12H,2,4,6-9,11,13H2,1H3,(H,17,18);1H. The van der Waals surface area contributed by atoms with Crippen molar-refractivity contribution in [1.29, 1.82) is 0 Å². The van der Waals surface area contributed by atoms with Gasteiger partial charge in [-0.25, -0.2) is 13.4 Å². The molecule has 162 valence electrons. The zero-order chi connectivity index (χ0) is 19.8. The molecule has 1 N–H and O–H groups in total. The minimum atomic E-state index is -3.39. The van der Waals surface area contributed by atoms with E-state index in [2.05, 4.69) is 25.3 Å². The third-order valence-corrected chi connectivity index (χ3v) is 8.07. The number of aliphatic imine (C=N–C) groups is 1. The van der Waals surface area contributed by atoms with E-state index in [0.717, 1.165) is 29.0 Å². The van der Waals surface area contributed by atoms with E-state index >= 15 is 0 Å². The maximum atomic E-state index is 12.5. The largest absolute Gasteiger partial charge is 0.364 e. The normalized spacial score (nSPS) is 15.9. The molecule has 3 heterocycles. The van der Waals surface area contributed by atoms with E-state index in [4.69, 9.17) is 4.52 Å². The van der Waals surface area contributed by atoms with Crippen molar-refractivity contribution < 1.29 is 12.9 Å². The van der Waals surface area contributed by atoms with Gasteiger partial charge in [0.05, 0.1) is 5.69 Å². The molecule has 0 saturated carbocycles. The molecule has 1 aliphatic heterocycles. The summed E-state index contributed by atoms with van der Waals surface area (Å²) in [5, 5.41) is 9.04. The number of sulfonamides is 1. The number of aromatic nitrogens is 2. The zero-order valence-corrected chi connectivity index (χ0v) is 20.8. The number of nitrogens with one attached hydrogen (secondary N) is 1. The molecule has 1 aliphatic rings. The molecule has 0 amide bonds. The molecule has 0 atom stereocenters. The van der Waals surface area contributed by atoms with Crippen molar-refractivity contribution in [1.82, 2.24) is 24.7 Å². The molecule has 0 bridgehead atoms. The molecule has 0 aliphatic carbocycles. The van der Waals surface area contributed by atoms with E-state index in [0.29, 0.717) is 31.9 Å². The van der Waals surface area contributed by atoms with Gasteiger partial charge in [0.15, 0.2) is 5.96 Å². The molecule has 9 nitrogen and oxygen atoms in total. The summed E-state index contributed by atoms with van der Waals surface area (Å²) in [5.74, 6) is 1.67. The Hall–Kier alpha value is -0.900. The summed E-state index contributed by atoms with van der Waals surface area (Å²) in [4.78, 5) is 10.7. The maximum Gasteiger partial charge on any atom is 0.220 e. The van der Waals surface area contributed by atoms with Crippen LogP contribution in [0.4, 0.5) is 0 Å². The molecule has 1 saturated heterocycles. The molecule has 3 rings (SSSR count). The van der Waals surface area contributed by atoms with Crippen LogP contribution in [-0.2, 0) is 15.8 Å². The number of thioether (sulfide) groups is 1. The Balaban J connectivity index is 0.00000300. The van der Waals surface area contributed by atoms with Crippen molar-refractivity contribution in [2.75, 3.05) is 45.5 Å². The second-order valence-electron chi connectivity index (χ2n) is 6.11. The van der Waals surface area contributed by atoms with Gasteiger partial charge in [-0.3, -0.25) is 4.99 Å². The Bertz CT molecular complexity index is 837. The Morgan fingerprint density at radius 1 is 1.38 bits per heavy atom. The highest BCUT2D eigenvalue weighted by atomic mass is 127. The van der Waals surface area contributed by atoms with Crippen LogP contribution < -0.4 is 5.32 Å². The number of guanidine groups is 1. The van der Waals surface area contributed by atoms with Gasteiger partial charge < -0.3 is 14.7 Å². The van der Waals surface area contributed by atoms with Gasteiger partial charge in [-0.1, -0.05) is 16.9 Å². The second-order valence-corrected chi connectivity index (χ2v) is 10.3. The first-order valence-corrected chi connectivity index (χ1v) is 12.4. The van der Waals surface area contributed by atoms with Gasteiger partial charge in [0.25, 0.3) is 0 Å². The summed E-state index contributed by atoms with van der Waals surface area (Å²) < 4.78 is 32.3. The summed E-state index contributed by atoms with van der Waals surface area (Å²) in [6.07, 6.45) is 4.20. The number of hydrogen-bond acceptors (Lipinski definition) is 8. The highest BCUT2D eigenvalue weighted by molar-refractivity contribution is 14.0. The molecule has 0 aromatic carbocycles. The first kappa shape index (κ1) is 24.4. The van der Waals surface area contributed by atoms with E-state index in [-0.39, 0.29) is 29.7 Å². The van der Waals surface area contributed by atoms with Crippen LogP contribution in [0.3, 0.4) is 0 Å². The molecule has 0 radical (unpaired) electrons. The molecule has 2 aromatic heterocycles. The number of thiazole rings is 1. The number of rotatable bonds is 8. The van der Waals surface area contributed by atoms with Crippen LogP contribution in [-0.4, -0.2) is 79.2 Å². The third kappa shape index (κ3) is 7.38. The summed E-state index contributed by atoms with van der Waals surface area (Å²) in [6, 6.07) is 1.58. The van der Waals surface area contributed by atoms with Crippen molar-refractivity contribution in [3.8, 4) is 0 Å². The third-order valence-electron chi connectivity index (χ3n) is 4.20. The molecule has 29 heavy (non-hydrogen) atoms. The molecule has 13 heteroatoms.